The first-order chi connectivity index (χ1) is 15.6. The summed E-state index contributed by atoms with van der Waals surface area (Å²) in [6.45, 7) is 4.12. The van der Waals surface area contributed by atoms with Crippen molar-refractivity contribution in [1.29, 1.82) is 0 Å². The molecule has 0 saturated carbocycles. The largest absolute Gasteiger partial charge is 0.481 e. The number of carboxylic acid groups (broad SMARTS) is 2. The maximum absolute atomic E-state index is 12.4. The highest BCUT2D eigenvalue weighted by atomic mass is 16.4. The number of aromatic nitrogens is 4. The fourth-order valence-corrected chi connectivity index (χ4v) is 3.26. The third-order valence-corrected chi connectivity index (χ3v) is 4.96. The maximum atomic E-state index is 12.4. The zero-order chi connectivity index (χ0) is 24.1. The summed E-state index contributed by atoms with van der Waals surface area (Å²) in [6.07, 6.45) is 1.10. The third-order valence-electron chi connectivity index (χ3n) is 4.96. The van der Waals surface area contributed by atoms with Crippen LogP contribution in [0.25, 0.3) is 11.2 Å². The highest BCUT2D eigenvalue weighted by Crippen LogP contribution is 2.18. The molecule has 2 aromatic heterocycles. The number of aryl methyl sites for hydroxylation is 2. The number of carbonyl (C=O) groups is 3. The lowest BCUT2D eigenvalue weighted by Gasteiger charge is -2.19. The van der Waals surface area contributed by atoms with Crippen LogP contribution in [-0.4, -0.2) is 61.1 Å². The Morgan fingerprint density at radius 3 is 2.39 bits per heavy atom. The van der Waals surface area contributed by atoms with Crippen molar-refractivity contribution >= 4 is 34.7 Å². The highest BCUT2D eigenvalue weighted by molar-refractivity contribution is 5.97. The van der Waals surface area contributed by atoms with Gasteiger partial charge in [-0.2, -0.15) is 0 Å². The Balaban J connectivity index is 1.67. The zero-order valence-electron chi connectivity index (χ0n) is 18.4. The number of fused-ring (bicyclic) bond motifs is 1. The van der Waals surface area contributed by atoms with Crippen LogP contribution in [0, 0.1) is 13.8 Å². The van der Waals surface area contributed by atoms with Crippen LogP contribution in [-0.2, 0) is 16.1 Å². The van der Waals surface area contributed by atoms with Crippen LogP contribution in [0.1, 0.15) is 40.4 Å². The average Bonchev–Trinajstić information content (AvgIpc) is 2.76. The molecule has 0 aliphatic carbocycles. The number of carbonyl (C=O) groups excluding carboxylic acids is 1. The number of nitrogens with one attached hydrogen (secondary N) is 1. The van der Waals surface area contributed by atoms with Crippen LogP contribution in [0.4, 0.5) is 5.69 Å². The summed E-state index contributed by atoms with van der Waals surface area (Å²) in [7, 11) is 1.87. The molecule has 1 aromatic carbocycles. The number of benzene rings is 1. The molecule has 1 unspecified atom stereocenters. The van der Waals surface area contributed by atoms with Crippen LogP contribution < -0.4 is 10.2 Å². The van der Waals surface area contributed by atoms with Gasteiger partial charge in [0.05, 0.1) is 24.1 Å². The number of anilines is 1. The lowest BCUT2D eigenvalue weighted by molar-refractivity contribution is -0.140. The van der Waals surface area contributed by atoms with E-state index in [0.717, 1.165) is 17.1 Å². The monoisotopic (exact) mass is 452 g/mol. The van der Waals surface area contributed by atoms with E-state index in [1.807, 2.05) is 18.9 Å². The van der Waals surface area contributed by atoms with Gasteiger partial charge in [-0.3, -0.25) is 9.59 Å². The van der Waals surface area contributed by atoms with Gasteiger partial charge in [0.1, 0.15) is 17.4 Å². The fraction of sp³-hybridized carbons (Fsp3) is 0.318. The predicted octanol–water partition coefficient (Wildman–Crippen LogP) is 1.72. The van der Waals surface area contributed by atoms with Gasteiger partial charge >= 0.3 is 11.9 Å². The smallest absolute Gasteiger partial charge is 0.326 e. The predicted molar refractivity (Wildman–Crippen MR) is 119 cm³/mol. The van der Waals surface area contributed by atoms with Gasteiger partial charge in [-0.05, 0) is 44.5 Å². The number of amides is 1. The summed E-state index contributed by atoms with van der Waals surface area (Å²) in [6, 6.07) is 5.33. The summed E-state index contributed by atoms with van der Waals surface area (Å²) < 4.78 is 0. The summed E-state index contributed by atoms with van der Waals surface area (Å²) in [5.74, 6) is -2.36. The van der Waals surface area contributed by atoms with E-state index in [9.17, 15) is 19.5 Å². The minimum absolute atomic E-state index is 0.200. The Hall–Kier alpha value is -4.15. The second-order valence-electron chi connectivity index (χ2n) is 7.59. The molecule has 0 spiro atoms. The van der Waals surface area contributed by atoms with Gasteiger partial charge in [-0.15, -0.1) is 0 Å². The van der Waals surface area contributed by atoms with E-state index >= 15 is 0 Å². The molecule has 3 rings (SSSR count). The highest BCUT2D eigenvalue weighted by Gasteiger charge is 2.21. The number of nitrogens with zero attached hydrogens (tertiary/aromatic N) is 5. The number of hydrogen-bond donors (Lipinski definition) is 3. The van der Waals surface area contributed by atoms with Crippen LogP contribution in [0.3, 0.4) is 0 Å². The van der Waals surface area contributed by atoms with Crippen molar-refractivity contribution in [2.45, 2.75) is 39.3 Å². The molecule has 0 saturated heterocycles. The van der Waals surface area contributed by atoms with E-state index in [2.05, 4.69) is 25.3 Å². The summed E-state index contributed by atoms with van der Waals surface area (Å²) >= 11 is 0. The van der Waals surface area contributed by atoms with Crippen LogP contribution in [0.15, 0.2) is 30.5 Å². The summed E-state index contributed by atoms with van der Waals surface area (Å²) in [5, 5.41) is 20.3. The number of aliphatic carboxylic acids is 2. The molecule has 11 heteroatoms. The molecule has 0 aliphatic heterocycles. The molecule has 172 valence electrons. The molecule has 33 heavy (non-hydrogen) atoms. The molecule has 1 amide bonds. The van der Waals surface area contributed by atoms with Crippen molar-refractivity contribution in [2.75, 3.05) is 11.9 Å². The molecule has 3 aromatic rings. The van der Waals surface area contributed by atoms with Gasteiger partial charge in [0.25, 0.3) is 5.91 Å². The Bertz CT molecular complexity index is 1200. The minimum atomic E-state index is -1.28. The van der Waals surface area contributed by atoms with Crippen molar-refractivity contribution in [2.24, 2.45) is 0 Å². The normalized spacial score (nSPS) is 11.7. The van der Waals surface area contributed by atoms with Gasteiger partial charge in [0.2, 0.25) is 0 Å². The maximum Gasteiger partial charge on any atom is 0.326 e. The Kier molecular flexibility index (Phi) is 7.11. The van der Waals surface area contributed by atoms with Gasteiger partial charge < -0.3 is 20.4 Å². The Morgan fingerprint density at radius 1 is 1.06 bits per heavy atom. The minimum Gasteiger partial charge on any atom is -0.481 e. The van der Waals surface area contributed by atoms with Gasteiger partial charge in [-0.25, -0.2) is 24.7 Å². The molecule has 3 N–H and O–H groups in total. The van der Waals surface area contributed by atoms with E-state index in [1.54, 1.807) is 37.4 Å². The lowest BCUT2D eigenvalue weighted by atomic mass is 10.1. The SMILES string of the molecule is Cc1nc(C)c2nc(CN(C)c3ccc(C(=O)NC(CCC(=O)O)C(=O)O)cc3)cnc2n1. The summed E-state index contributed by atoms with van der Waals surface area (Å²) in [4.78, 5) is 53.9. The van der Waals surface area contributed by atoms with Crippen molar-refractivity contribution in [3.63, 3.8) is 0 Å². The Labute approximate surface area is 189 Å². The second kappa shape index (κ2) is 9.98. The third kappa shape index (κ3) is 5.97. The second-order valence-corrected chi connectivity index (χ2v) is 7.59. The van der Waals surface area contributed by atoms with E-state index < -0.39 is 23.9 Å². The molecule has 0 fully saturated rings. The van der Waals surface area contributed by atoms with Gasteiger partial charge in [-0.1, -0.05) is 0 Å². The van der Waals surface area contributed by atoms with Crippen molar-refractivity contribution in [3.8, 4) is 0 Å². The van der Waals surface area contributed by atoms with E-state index in [-0.39, 0.29) is 18.4 Å². The molecule has 2 heterocycles. The molecule has 0 radical (unpaired) electrons. The molecule has 11 nitrogen and oxygen atoms in total. The topological polar surface area (TPSA) is 158 Å². The van der Waals surface area contributed by atoms with Crippen molar-refractivity contribution < 1.29 is 24.6 Å². The van der Waals surface area contributed by atoms with Gasteiger partial charge in [0, 0.05) is 24.7 Å². The number of rotatable bonds is 9. The molecular weight excluding hydrogens is 428 g/mol. The first kappa shape index (κ1) is 23.5. The van der Waals surface area contributed by atoms with Crippen LogP contribution >= 0.6 is 0 Å². The number of hydrogen-bond acceptors (Lipinski definition) is 8. The van der Waals surface area contributed by atoms with Gasteiger partial charge in [0.15, 0.2) is 5.65 Å². The zero-order valence-corrected chi connectivity index (χ0v) is 18.4. The van der Waals surface area contributed by atoms with E-state index in [0.29, 0.717) is 23.5 Å². The van der Waals surface area contributed by atoms with Crippen LogP contribution in [0.2, 0.25) is 0 Å². The standard InChI is InChI=1S/C22H24N6O5/c1-12-19-20(25-13(2)24-12)23-10-15(26-19)11-28(3)16-6-4-14(5-7-16)21(31)27-17(22(32)33)8-9-18(29)30/h4-7,10,17H,8-9,11H2,1-3H3,(H,27,31)(H,29,30)(H,32,33). The molecular formula is C22H24N6O5. The average molecular weight is 452 g/mol. The molecule has 0 aliphatic rings. The first-order valence-corrected chi connectivity index (χ1v) is 10.2. The first-order valence-electron chi connectivity index (χ1n) is 10.2. The molecule has 1 atom stereocenters. The molecule has 0 bridgehead atoms. The Morgan fingerprint density at radius 2 is 1.76 bits per heavy atom. The van der Waals surface area contributed by atoms with E-state index in [4.69, 9.17) is 5.11 Å². The summed E-state index contributed by atoms with van der Waals surface area (Å²) in [5.41, 5.74) is 3.76. The quantitative estimate of drug-likeness (QED) is 0.436. The lowest BCUT2D eigenvalue weighted by Crippen LogP contribution is -2.41. The van der Waals surface area contributed by atoms with Crippen LogP contribution in [0.5, 0.6) is 0 Å². The fourth-order valence-electron chi connectivity index (χ4n) is 3.26. The number of carboxylic acids is 2. The van der Waals surface area contributed by atoms with Crippen molar-refractivity contribution in [3.05, 3.63) is 53.2 Å². The van der Waals surface area contributed by atoms with E-state index in [1.165, 1.54) is 0 Å². The van der Waals surface area contributed by atoms with Crippen molar-refractivity contribution in [1.82, 2.24) is 25.3 Å².